The van der Waals surface area contributed by atoms with Crippen molar-refractivity contribution >= 4 is 6.03 Å². The number of hydrogen-bond acceptors (Lipinski definition) is 5. The molecule has 7 nitrogen and oxygen atoms in total. The van der Waals surface area contributed by atoms with E-state index < -0.39 is 0 Å². The lowest BCUT2D eigenvalue weighted by molar-refractivity contribution is 0.180. The number of likely N-dealkylation sites (tertiary alicyclic amines) is 1. The Balaban J connectivity index is 1.39. The van der Waals surface area contributed by atoms with Crippen LogP contribution < -0.4 is 10.1 Å². The minimum absolute atomic E-state index is 0.0902. The molecular formula is C22H24N4O3. The minimum Gasteiger partial charge on any atom is -0.497 e. The smallest absolute Gasteiger partial charge is 0.318 e. The van der Waals surface area contributed by atoms with E-state index in [0.29, 0.717) is 24.8 Å². The topological polar surface area (TPSA) is 80.5 Å². The Morgan fingerprint density at radius 2 is 2.00 bits per heavy atom. The number of carbonyl (C=O) groups excluding carboxylic acids is 1. The Morgan fingerprint density at radius 3 is 2.76 bits per heavy atom. The maximum Gasteiger partial charge on any atom is 0.318 e. The molecule has 0 saturated carbocycles. The summed E-state index contributed by atoms with van der Waals surface area (Å²) in [6.45, 7) is 1.27. The molecule has 0 radical (unpaired) electrons. The van der Waals surface area contributed by atoms with Crippen molar-refractivity contribution in [2.24, 2.45) is 0 Å². The standard InChI is InChI=1S/C22H24N4O3/c1-28-18-11-9-17(10-12-18)20-24-21(29-25-20)19-8-5-15-26(19)22(27)23-14-13-16-6-3-2-4-7-16/h2-4,6-7,9-12,19H,5,8,13-15H2,1H3,(H,23,27). The summed E-state index contributed by atoms with van der Waals surface area (Å²) in [7, 11) is 1.63. The van der Waals surface area contributed by atoms with Crippen molar-refractivity contribution in [2.75, 3.05) is 20.2 Å². The Morgan fingerprint density at radius 1 is 1.21 bits per heavy atom. The Hall–Kier alpha value is -3.35. The van der Waals surface area contributed by atoms with Gasteiger partial charge in [0.15, 0.2) is 0 Å². The van der Waals surface area contributed by atoms with Gasteiger partial charge in [-0.15, -0.1) is 0 Å². The first-order valence-electron chi connectivity index (χ1n) is 9.81. The molecule has 3 aromatic rings. The molecule has 1 saturated heterocycles. The Labute approximate surface area is 169 Å². The Bertz CT molecular complexity index is 940. The molecule has 1 N–H and O–H groups in total. The molecule has 29 heavy (non-hydrogen) atoms. The third-order valence-corrected chi connectivity index (χ3v) is 5.12. The van der Waals surface area contributed by atoms with Gasteiger partial charge < -0.3 is 19.5 Å². The average Bonchev–Trinajstić information content (AvgIpc) is 3.44. The van der Waals surface area contributed by atoms with Gasteiger partial charge in [0.2, 0.25) is 11.7 Å². The predicted molar refractivity (Wildman–Crippen MR) is 109 cm³/mol. The molecule has 4 rings (SSSR count). The summed E-state index contributed by atoms with van der Waals surface area (Å²) in [5.74, 6) is 1.76. The summed E-state index contributed by atoms with van der Waals surface area (Å²) in [5, 5.41) is 7.10. The van der Waals surface area contributed by atoms with Crippen molar-refractivity contribution in [3.8, 4) is 17.1 Å². The number of carbonyl (C=O) groups is 1. The zero-order valence-electron chi connectivity index (χ0n) is 16.4. The highest BCUT2D eigenvalue weighted by Crippen LogP contribution is 2.32. The lowest BCUT2D eigenvalue weighted by Crippen LogP contribution is -2.40. The molecule has 0 bridgehead atoms. The highest BCUT2D eigenvalue weighted by atomic mass is 16.5. The fourth-order valence-electron chi connectivity index (χ4n) is 3.55. The molecular weight excluding hydrogens is 368 g/mol. The van der Waals surface area contributed by atoms with Crippen LogP contribution in [0.2, 0.25) is 0 Å². The molecule has 0 spiro atoms. The van der Waals surface area contributed by atoms with Crippen LogP contribution in [-0.2, 0) is 6.42 Å². The van der Waals surface area contributed by atoms with Crippen molar-refractivity contribution in [3.63, 3.8) is 0 Å². The van der Waals surface area contributed by atoms with Gasteiger partial charge in [0, 0.05) is 18.7 Å². The second-order valence-electron chi connectivity index (χ2n) is 7.00. The molecule has 150 valence electrons. The third-order valence-electron chi connectivity index (χ3n) is 5.12. The Kier molecular flexibility index (Phi) is 5.74. The van der Waals surface area contributed by atoms with Gasteiger partial charge >= 0.3 is 6.03 Å². The van der Waals surface area contributed by atoms with E-state index in [2.05, 4.69) is 27.6 Å². The number of methoxy groups -OCH3 is 1. The summed E-state index contributed by atoms with van der Waals surface area (Å²) >= 11 is 0. The highest BCUT2D eigenvalue weighted by molar-refractivity contribution is 5.75. The largest absolute Gasteiger partial charge is 0.497 e. The van der Waals surface area contributed by atoms with Crippen LogP contribution in [0.3, 0.4) is 0 Å². The lowest BCUT2D eigenvalue weighted by Gasteiger charge is -2.22. The number of nitrogens with zero attached hydrogens (tertiary/aromatic N) is 3. The van der Waals surface area contributed by atoms with Gasteiger partial charge in [-0.1, -0.05) is 35.5 Å². The molecule has 1 aromatic heterocycles. The number of aromatic nitrogens is 2. The highest BCUT2D eigenvalue weighted by Gasteiger charge is 2.34. The number of rotatable bonds is 6. The van der Waals surface area contributed by atoms with Crippen molar-refractivity contribution in [3.05, 3.63) is 66.1 Å². The van der Waals surface area contributed by atoms with Gasteiger partial charge in [-0.05, 0) is 49.1 Å². The van der Waals surface area contributed by atoms with Crippen LogP contribution in [0.4, 0.5) is 4.79 Å². The zero-order valence-corrected chi connectivity index (χ0v) is 16.4. The molecule has 7 heteroatoms. The first-order chi connectivity index (χ1) is 14.2. The number of amides is 2. The fraction of sp³-hybridized carbons (Fsp3) is 0.318. The fourth-order valence-corrected chi connectivity index (χ4v) is 3.55. The van der Waals surface area contributed by atoms with E-state index >= 15 is 0 Å². The summed E-state index contributed by atoms with van der Waals surface area (Å²) in [6, 6.07) is 17.3. The first-order valence-corrected chi connectivity index (χ1v) is 9.81. The SMILES string of the molecule is COc1ccc(-c2noc(C3CCCN3C(=O)NCCc3ccccc3)n2)cc1. The van der Waals surface area contributed by atoms with Crippen molar-refractivity contribution < 1.29 is 14.1 Å². The zero-order chi connectivity index (χ0) is 20.1. The van der Waals surface area contributed by atoms with Crippen LogP contribution in [0.25, 0.3) is 11.4 Å². The monoisotopic (exact) mass is 392 g/mol. The maximum absolute atomic E-state index is 12.7. The first kappa shape index (κ1) is 19.0. The third kappa shape index (κ3) is 4.39. The maximum atomic E-state index is 12.7. The summed E-state index contributed by atoms with van der Waals surface area (Å²) in [5.41, 5.74) is 2.05. The number of ether oxygens (including phenoxy) is 1. The second-order valence-corrected chi connectivity index (χ2v) is 7.00. The van der Waals surface area contributed by atoms with E-state index in [1.54, 1.807) is 12.0 Å². The summed E-state index contributed by atoms with van der Waals surface area (Å²) < 4.78 is 10.7. The van der Waals surface area contributed by atoms with Gasteiger partial charge in [-0.3, -0.25) is 0 Å². The van der Waals surface area contributed by atoms with E-state index in [0.717, 1.165) is 30.6 Å². The van der Waals surface area contributed by atoms with Crippen molar-refractivity contribution in [2.45, 2.75) is 25.3 Å². The molecule has 1 atom stereocenters. The van der Waals surface area contributed by atoms with E-state index in [-0.39, 0.29) is 12.1 Å². The van der Waals surface area contributed by atoms with Crippen LogP contribution in [0.1, 0.15) is 30.3 Å². The second kappa shape index (κ2) is 8.77. The number of hydrogen-bond donors (Lipinski definition) is 1. The van der Waals surface area contributed by atoms with Crippen LogP contribution >= 0.6 is 0 Å². The molecule has 2 amide bonds. The number of urea groups is 1. The van der Waals surface area contributed by atoms with Gasteiger partial charge in [-0.25, -0.2) is 4.79 Å². The van der Waals surface area contributed by atoms with Crippen LogP contribution in [0.15, 0.2) is 59.1 Å². The van der Waals surface area contributed by atoms with Gasteiger partial charge in [-0.2, -0.15) is 4.98 Å². The van der Waals surface area contributed by atoms with Gasteiger partial charge in [0.25, 0.3) is 0 Å². The predicted octanol–water partition coefficient (Wildman–Crippen LogP) is 3.83. The van der Waals surface area contributed by atoms with Gasteiger partial charge in [0.1, 0.15) is 11.8 Å². The molecule has 1 aliphatic heterocycles. The molecule has 1 unspecified atom stereocenters. The molecule has 2 heterocycles. The number of nitrogens with one attached hydrogen (secondary N) is 1. The quantitative estimate of drug-likeness (QED) is 0.689. The van der Waals surface area contributed by atoms with E-state index in [1.165, 1.54) is 5.56 Å². The van der Waals surface area contributed by atoms with E-state index in [9.17, 15) is 4.79 Å². The minimum atomic E-state index is -0.189. The van der Waals surface area contributed by atoms with E-state index in [4.69, 9.17) is 9.26 Å². The molecule has 0 aliphatic carbocycles. The van der Waals surface area contributed by atoms with Crippen LogP contribution in [0.5, 0.6) is 5.75 Å². The van der Waals surface area contributed by atoms with Crippen LogP contribution in [-0.4, -0.2) is 41.3 Å². The van der Waals surface area contributed by atoms with Crippen molar-refractivity contribution in [1.29, 1.82) is 0 Å². The van der Waals surface area contributed by atoms with Crippen molar-refractivity contribution in [1.82, 2.24) is 20.4 Å². The van der Waals surface area contributed by atoms with Crippen LogP contribution in [0, 0.1) is 0 Å². The lowest BCUT2D eigenvalue weighted by atomic mass is 10.1. The summed E-state index contributed by atoms with van der Waals surface area (Å²) in [6.07, 6.45) is 2.53. The average molecular weight is 392 g/mol. The molecule has 1 aliphatic rings. The molecule has 1 fully saturated rings. The van der Waals surface area contributed by atoms with E-state index in [1.807, 2.05) is 42.5 Å². The molecule has 2 aromatic carbocycles. The normalized spacial score (nSPS) is 16.0. The van der Waals surface area contributed by atoms with Gasteiger partial charge in [0.05, 0.1) is 7.11 Å². The summed E-state index contributed by atoms with van der Waals surface area (Å²) in [4.78, 5) is 19.0. The number of benzene rings is 2.